The number of thioether (sulfide) groups is 1. The molecule has 1 aromatic heterocycles. The van der Waals surface area contributed by atoms with Crippen LogP contribution in [0.15, 0.2) is 6.20 Å². The van der Waals surface area contributed by atoms with Gasteiger partial charge in [0.1, 0.15) is 5.82 Å². The Morgan fingerprint density at radius 1 is 1.60 bits per heavy atom. The first-order valence-corrected chi connectivity index (χ1v) is 6.26. The number of anilines is 2. The Balaban J connectivity index is 2.01. The van der Waals surface area contributed by atoms with Gasteiger partial charge in [-0.2, -0.15) is 16.7 Å². The highest BCUT2D eigenvalue weighted by Crippen LogP contribution is 2.47. The zero-order chi connectivity index (χ0) is 10.9. The van der Waals surface area contributed by atoms with Crippen LogP contribution in [0.25, 0.3) is 0 Å². The van der Waals surface area contributed by atoms with Crippen molar-refractivity contribution in [3.63, 3.8) is 0 Å². The summed E-state index contributed by atoms with van der Waals surface area (Å²) < 4.78 is 0.437. The summed E-state index contributed by atoms with van der Waals surface area (Å²) in [4.78, 5) is 8.13. The number of aryl methyl sites for hydroxylation is 1. The molecule has 2 rings (SSSR count). The molecule has 0 bridgehead atoms. The van der Waals surface area contributed by atoms with E-state index < -0.39 is 0 Å². The molecule has 0 atom stereocenters. The summed E-state index contributed by atoms with van der Waals surface area (Å²) in [5.74, 6) is 1.19. The van der Waals surface area contributed by atoms with Crippen LogP contribution in [-0.2, 0) is 0 Å². The van der Waals surface area contributed by atoms with Crippen LogP contribution in [0.5, 0.6) is 0 Å². The minimum absolute atomic E-state index is 0.331. The van der Waals surface area contributed by atoms with Crippen molar-refractivity contribution in [1.82, 2.24) is 9.97 Å². The molecule has 1 aliphatic carbocycles. The number of nitrogens with zero attached hydrogens (tertiary/aromatic N) is 2. The van der Waals surface area contributed by atoms with Gasteiger partial charge in [-0.15, -0.1) is 0 Å². The molecule has 1 fully saturated rings. The second-order valence-electron chi connectivity index (χ2n) is 4.00. The Morgan fingerprint density at radius 2 is 2.33 bits per heavy atom. The monoisotopic (exact) mass is 224 g/mol. The quantitative estimate of drug-likeness (QED) is 0.814. The third kappa shape index (κ3) is 2.34. The maximum atomic E-state index is 5.55. The van der Waals surface area contributed by atoms with Crippen LogP contribution >= 0.6 is 11.8 Å². The second kappa shape index (κ2) is 3.89. The lowest BCUT2D eigenvalue weighted by molar-refractivity contribution is 0.934. The van der Waals surface area contributed by atoms with Crippen LogP contribution in [-0.4, -0.2) is 27.5 Å². The van der Waals surface area contributed by atoms with Crippen LogP contribution in [0, 0.1) is 6.92 Å². The van der Waals surface area contributed by atoms with Gasteiger partial charge in [0.2, 0.25) is 5.95 Å². The largest absolute Gasteiger partial charge is 0.368 e. The number of nitrogen functional groups attached to an aromatic ring is 1. The fourth-order valence-corrected chi connectivity index (χ4v) is 2.20. The zero-order valence-electron chi connectivity index (χ0n) is 9.08. The standard InChI is InChI=1S/C10H16N4S/c1-7-5-12-9(11)14-8(7)13-6-10(15-2)3-4-10/h5H,3-4,6H2,1-2H3,(H3,11,12,13,14). The number of nitrogens with one attached hydrogen (secondary N) is 1. The molecule has 0 radical (unpaired) electrons. The van der Waals surface area contributed by atoms with E-state index in [9.17, 15) is 0 Å². The molecule has 0 aliphatic heterocycles. The van der Waals surface area contributed by atoms with E-state index in [2.05, 4.69) is 21.5 Å². The highest BCUT2D eigenvalue weighted by Gasteiger charge is 2.41. The van der Waals surface area contributed by atoms with Gasteiger partial charge >= 0.3 is 0 Å². The lowest BCUT2D eigenvalue weighted by atomic mass is 10.3. The summed E-state index contributed by atoms with van der Waals surface area (Å²) in [6, 6.07) is 0. The predicted molar refractivity (Wildman–Crippen MR) is 65.2 cm³/mol. The highest BCUT2D eigenvalue weighted by atomic mass is 32.2. The Bertz CT molecular complexity index is 362. The van der Waals surface area contributed by atoms with Crippen LogP contribution in [0.2, 0.25) is 0 Å². The first-order chi connectivity index (χ1) is 7.15. The average Bonchev–Trinajstić information content (AvgIpc) is 3.00. The summed E-state index contributed by atoms with van der Waals surface area (Å²) in [5, 5.41) is 3.36. The topological polar surface area (TPSA) is 63.8 Å². The predicted octanol–water partition coefficient (Wildman–Crippen LogP) is 1.67. The van der Waals surface area contributed by atoms with Crippen molar-refractivity contribution in [1.29, 1.82) is 0 Å². The van der Waals surface area contributed by atoms with Gasteiger partial charge in [-0.1, -0.05) is 0 Å². The van der Waals surface area contributed by atoms with Crippen LogP contribution in [0.3, 0.4) is 0 Å². The molecule has 4 nitrogen and oxygen atoms in total. The van der Waals surface area contributed by atoms with Crippen molar-refractivity contribution in [3.05, 3.63) is 11.8 Å². The Kier molecular flexibility index (Phi) is 2.73. The fraction of sp³-hybridized carbons (Fsp3) is 0.600. The van der Waals surface area contributed by atoms with Crippen molar-refractivity contribution < 1.29 is 0 Å². The SMILES string of the molecule is CSC1(CNc2nc(N)ncc2C)CC1. The molecule has 1 saturated carbocycles. The lowest BCUT2D eigenvalue weighted by Crippen LogP contribution is -2.19. The molecule has 0 unspecified atom stereocenters. The molecule has 3 N–H and O–H groups in total. The van der Waals surface area contributed by atoms with Gasteiger partial charge in [0.15, 0.2) is 0 Å². The highest BCUT2D eigenvalue weighted by molar-refractivity contribution is 8.00. The summed E-state index contributed by atoms with van der Waals surface area (Å²) >= 11 is 1.93. The van der Waals surface area contributed by atoms with Gasteiger partial charge in [0, 0.05) is 23.1 Å². The number of rotatable bonds is 4. The smallest absolute Gasteiger partial charge is 0.221 e. The van der Waals surface area contributed by atoms with Crippen molar-refractivity contribution in [2.24, 2.45) is 0 Å². The molecule has 0 aromatic carbocycles. The second-order valence-corrected chi connectivity index (χ2v) is 5.27. The normalized spacial score (nSPS) is 17.5. The van der Waals surface area contributed by atoms with Crippen molar-refractivity contribution in [3.8, 4) is 0 Å². The summed E-state index contributed by atoms with van der Waals surface area (Å²) in [6.45, 7) is 2.95. The molecule has 15 heavy (non-hydrogen) atoms. The Hall–Kier alpha value is -0.970. The van der Waals surface area contributed by atoms with Gasteiger partial charge in [-0.05, 0) is 26.0 Å². The molecule has 5 heteroatoms. The van der Waals surface area contributed by atoms with E-state index in [1.54, 1.807) is 6.20 Å². The van der Waals surface area contributed by atoms with Gasteiger partial charge in [0.05, 0.1) is 0 Å². The van der Waals surface area contributed by atoms with Gasteiger partial charge < -0.3 is 11.1 Å². The summed E-state index contributed by atoms with van der Waals surface area (Å²) in [6.07, 6.45) is 6.50. The lowest BCUT2D eigenvalue weighted by Gasteiger charge is -2.14. The van der Waals surface area contributed by atoms with Crippen molar-refractivity contribution in [2.75, 3.05) is 23.9 Å². The number of hydrogen-bond donors (Lipinski definition) is 2. The van der Waals surface area contributed by atoms with Gasteiger partial charge in [-0.25, -0.2) is 4.98 Å². The molecular weight excluding hydrogens is 208 g/mol. The molecule has 1 heterocycles. The van der Waals surface area contributed by atoms with Crippen molar-refractivity contribution in [2.45, 2.75) is 24.5 Å². The first-order valence-electron chi connectivity index (χ1n) is 5.03. The summed E-state index contributed by atoms with van der Waals surface area (Å²) in [7, 11) is 0. The molecule has 0 amide bonds. The minimum Gasteiger partial charge on any atom is -0.368 e. The van der Waals surface area contributed by atoms with Crippen LogP contribution < -0.4 is 11.1 Å². The third-order valence-corrected chi connectivity index (χ3v) is 4.23. The van der Waals surface area contributed by atoms with Gasteiger partial charge in [-0.3, -0.25) is 0 Å². The van der Waals surface area contributed by atoms with E-state index in [1.165, 1.54) is 12.8 Å². The van der Waals surface area contributed by atoms with E-state index in [0.717, 1.165) is 17.9 Å². The van der Waals surface area contributed by atoms with Gasteiger partial charge in [0.25, 0.3) is 0 Å². The first kappa shape index (κ1) is 10.5. The number of aromatic nitrogens is 2. The van der Waals surface area contributed by atoms with E-state index in [0.29, 0.717) is 10.7 Å². The minimum atomic E-state index is 0.331. The molecule has 0 saturated heterocycles. The Labute approximate surface area is 94.1 Å². The van der Waals surface area contributed by atoms with E-state index >= 15 is 0 Å². The maximum Gasteiger partial charge on any atom is 0.221 e. The van der Waals surface area contributed by atoms with E-state index in [-0.39, 0.29) is 0 Å². The molecular formula is C10H16N4S. The zero-order valence-corrected chi connectivity index (χ0v) is 9.90. The van der Waals surface area contributed by atoms with E-state index in [4.69, 9.17) is 5.73 Å². The maximum absolute atomic E-state index is 5.55. The van der Waals surface area contributed by atoms with Crippen LogP contribution in [0.4, 0.5) is 11.8 Å². The molecule has 1 aromatic rings. The van der Waals surface area contributed by atoms with Crippen molar-refractivity contribution >= 4 is 23.5 Å². The van der Waals surface area contributed by atoms with E-state index in [1.807, 2.05) is 18.7 Å². The third-order valence-electron chi connectivity index (χ3n) is 2.81. The molecule has 0 spiro atoms. The number of hydrogen-bond acceptors (Lipinski definition) is 5. The fourth-order valence-electron chi connectivity index (χ4n) is 1.47. The average molecular weight is 224 g/mol. The van der Waals surface area contributed by atoms with Crippen LogP contribution in [0.1, 0.15) is 18.4 Å². The number of nitrogens with two attached hydrogens (primary N) is 1. The summed E-state index contributed by atoms with van der Waals surface area (Å²) in [5.41, 5.74) is 6.59. The molecule has 1 aliphatic rings. The Morgan fingerprint density at radius 3 is 2.93 bits per heavy atom. The molecule has 82 valence electrons.